The number of ether oxygens (including phenoxy) is 1. The Morgan fingerprint density at radius 2 is 1.96 bits per heavy atom. The number of hydrogen-bond donors (Lipinski definition) is 1. The van der Waals surface area contributed by atoms with Gasteiger partial charge in [-0.3, -0.25) is 4.79 Å². The Hall–Kier alpha value is -1.98. The van der Waals surface area contributed by atoms with Gasteiger partial charge in [0.2, 0.25) is 0 Å². The van der Waals surface area contributed by atoms with Crippen LogP contribution in [0.25, 0.3) is 0 Å². The molecule has 2 amide bonds. The maximum atomic E-state index is 12.8. The third-order valence-electron chi connectivity index (χ3n) is 6.00. The molecule has 2 aliphatic rings. The van der Waals surface area contributed by atoms with Gasteiger partial charge in [0.05, 0.1) is 18.6 Å². The first-order chi connectivity index (χ1) is 13.1. The molecule has 27 heavy (non-hydrogen) atoms. The summed E-state index contributed by atoms with van der Waals surface area (Å²) in [7, 11) is 0. The van der Waals surface area contributed by atoms with Crippen LogP contribution in [0.3, 0.4) is 0 Å². The molecule has 1 aliphatic carbocycles. The fourth-order valence-corrected chi connectivity index (χ4v) is 4.48. The summed E-state index contributed by atoms with van der Waals surface area (Å²) < 4.78 is 7.40. The SMILES string of the molecule is CCCC1c2cccn2CCN1C(=O)NCC1CCC(C(=O)OCC)CC1. The van der Waals surface area contributed by atoms with E-state index in [1.165, 1.54) is 5.69 Å². The van der Waals surface area contributed by atoms with Crippen LogP contribution in [0.5, 0.6) is 0 Å². The number of hydrogen-bond acceptors (Lipinski definition) is 3. The van der Waals surface area contributed by atoms with E-state index in [0.29, 0.717) is 19.1 Å². The first-order valence-electron chi connectivity index (χ1n) is 10.5. The number of amides is 2. The highest BCUT2D eigenvalue weighted by Gasteiger charge is 2.31. The summed E-state index contributed by atoms with van der Waals surface area (Å²) in [6.07, 6.45) is 7.84. The number of nitrogens with zero attached hydrogens (tertiary/aromatic N) is 2. The van der Waals surface area contributed by atoms with Crippen molar-refractivity contribution in [3.05, 3.63) is 24.0 Å². The minimum absolute atomic E-state index is 0.0423. The molecule has 1 fully saturated rings. The van der Waals surface area contributed by atoms with E-state index >= 15 is 0 Å². The maximum Gasteiger partial charge on any atom is 0.318 e. The molecule has 1 aromatic heterocycles. The molecule has 150 valence electrons. The normalized spacial score (nSPS) is 25.0. The van der Waals surface area contributed by atoms with E-state index in [9.17, 15) is 9.59 Å². The van der Waals surface area contributed by atoms with Gasteiger partial charge in [0, 0.05) is 31.5 Å². The van der Waals surface area contributed by atoms with Crippen molar-refractivity contribution in [2.75, 3.05) is 19.7 Å². The number of nitrogens with one attached hydrogen (secondary N) is 1. The number of fused-ring (bicyclic) bond motifs is 1. The first-order valence-corrected chi connectivity index (χ1v) is 10.5. The van der Waals surface area contributed by atoms with Gasteiger partial charge in [-0.1, -0.05) is 13.3 Å². The van der Waals surface area contributed by atoms with Crippen molar-refractivity contribution in [2.24, 2.45) is 11.8 Å². The molecule has 0 spiro atoms. The summed E-state index contributed by atoms with van der Waals surface area (Å²) in [4.78, 5) is 26.7. The van der Waals surface area contributed by atoms with Gasteiger partial charge >= 0.3 is 12.0 Å². The summed E-state index contributed by atoms with van der Waals surface area (Å²) in [6.45, 7) is 6.79. The molecule has 1 atom stereocenters. The minimum atomic E-state index is -0.0567. The number of rotatable bonds is 6. The molecule has 6 nitrogen and oxygen atoms in total. The second-order valence-electron chi connectivity index (χ2n) is 7.78. The molecular formula is C21H33N3O3. The molecule has 2 heterocycles. The lowest BCUT2D eigenvalue weighted by Crippen LogP contribution is -2.48. The highest BCUT2D eigenvalue weighted by atomic mass is 16.5. The van der Waals surface area contributed by atoms with Crippen molar-refractivity contribution >= 4 is 12.0 Å². The van der Waals surface area contributed by atoms with Crippen molar-refractivity contribution < 1.29 is 14.3 Å². The standard InChI is InChI=1S/C21H33N3O3/c1-3-6-19-18-7-5-12-23(18)13-14-24(19)21(26)22-15-16-8-10-17(11-9-16)20(25)27-4-2/h5,7,12,16-17,19H,3-4,6,8-11,13-15H2,1-2H3,(H,22,26). The Morgan fingerprint density at radius 1 is 1.19 bits per heavy atom. The van der Waals surface area contributed by atoms with Crippen LogP contribution >= 0.6 is 0 Å². The predicted octanol–water partition coefficient (Wildman–Crippen LogP) is 3.72. The summed E-state index contributed by atoms with van der Waals surface area (Å²) in [5, 5.41) is 3.16. The number of esters is 1. The second-order valence-corrected chi connectivity index (χ2v) is 7.78. The molecule has 0 saturated heterocycles. The van der Waals surface area contributed by atoms with E-state index in [1.807, 2.05) is 11.8 Å². The number of urea groups is 1. The lowest BCUT2D eigenvalue weighted by molar-refractivity contribution is -0.149. The molecule has 1 N–H and O–H groups in total. The quantitative estimate of drug-likeness (QED) is 0.771. The molecule has 3 rings (SSSR count). The zero-order valence-corrected chi connectivity index (χ0v) is 16.7. The Morgan fingerprint density at radius 3 is 2.67 bits per heavy atom. The van der Waals surface area contributed by atoms with Gasteiger partial charge in [0.25, 0.3) is 0 Å². The van der Waals surface area contributed by atoms with E-state index < -0.39 is 0 Å². The van der Waals surface area contributed by atoms with Crippen LogP contribution in [0.15, 0.2) is 18.3 Å². The highest BCUT2D eigenvalue weighted by molar-refractivity contribution is 5.75. The zero-order chi connectivity index (χ0) is 19.2. The average molecular weight is 376 g/mol. The fraction of sp³-hybridized carbons (Fsp3) is 0.714. The molecule has 1 saturated carbocycles. The van der Waals surface area contributed by atoms with E-state index in [-0.39, 0.29) is 24.0 Å². The Labute approximate surface area is 162 Å². The van der Waals surface area contributed by atoms with Crippen LogP contribution in [0, 0.1) is 11.8 Å². The van der Waals surface area contributed by atoms with Crippen molar-refractivity contribution in [3.63, 3.8) is 0 Å². The third kappa shape index (κ3) is 4.66. The molecule has 6 heteroatoms. The molecule has 0 bridgehead atoms. The fourth-order valence-electron chi connectivity index (χ4n) is 4.48. The first kappa shape index (κ1) is 19.8. The molecule has 1 aliphatic heterocycles. The molecule has 0 aromatic carbocycles. The predicted molar refractivity (Wildman–Crippen MR) is 104 cm³/mol. The number of aromatic nitrogens is 1. The number of carbonyl (C=O) groups is 2. The largest absolute Gasteiger partial charge is 0.466 e. The van der Waals surface area contributed by atoms with Crippen LogP contribution in [-0.4, -0.2) is 41.2 Å². The third-order valence-corrected chi connectivity index (χ3v) is 6.00. The van der Waals surface area contributed by atoms with Crippen molar-refractivity contribution in [3.8, 4) is 0 Å². The molecular weight excluding hydrogens is 342 g/mol. The van der Waals surface area contributed by atoms with Crippen LogP contribution in [0.4, 0.5) is 4.79 Å². The zero-order valence-electron chi connectivity index (χ0n) is 16.7. The summed E-state index contributed by atoms with van der Waals surface area (Å²) in [5.74, 6) is 0.442. The highest BCUT2D eigenvalue weighted by Crippen LogP contribution is 2.31. The Bertz CT molecular complexity index is 634. The van der Waals surface area contributed by atoms with E-state index in [4.69, 9.17) is 4.74 Å². The molecule has 1 unspecified atom stereocenters. The van der Waals surface area contributed by atoms with Crippen molar-refractivity contribution in [2.45, 2.75) is 65.0 Å². The maximum absolute atomic E-state index is 12.8. The van der Waals surface area contributed by atoms with Gasteiger partial charge in [-0.15, -0.1) is 0 Å². The Kier molecular flexibility index (Phi) is 6.80. The van der Waals surface area contributed by atoms with Gasteiger partial charge in [0.1, 0.15) is 0 Å². The van der Waals surface area contributed by atoms with Crippen molar-refractivity contribution in [1.29, 1.82) is 0 Å². The molecule has 0 radical (unpaired) electrons. The Balaban J connectivity index is 1.49. The van der Waals surface area contributed by atoms with Gasteiger partial charge < -0.3 is 19.5 Å². The second kappa shape index (κ2) is 9.29. The summed E-state index contributed by atoms with van der Waals surface area (Å²) in [5.41, 5.74) is 1.24. The lowest BCUT2D eigenvalue weighted by atomic mass is 9.82. The van der Waals surface area contributed by atoms with Crippen LogP contribution < -0.4 is 5.32 Å². The molecule has 1 aromatic rings. The van der Waals surface area contributed by atoms with Gasteiger partial charge in [-0.25, -0.2) is 4.79 Å². The number of carbonyl (C=O) groups excluding carboxylic acids is 2. The van der Waals surface area contributed by atoms with Crippen LogP contribution in [0.1, 0.15) is 64.1 Å². The van der Waals surface area contributed by atoms with Crippen LogP contribution in [0.2, 0.25) is 0 Å². The van der Waals surface area contributed by atoms with E-state index in [1.54, 1.807) is 0 Å². The van der Waals surface area contributed by atoms with E-state index in [0.717, 1.165) is 51.6 Å². The van der Waals surface area contributed by atoms with E-state index in [2.05, 4.69) is 35.1 Å². The van der Waals surface area contributed by atoms with Gasteiger partial charge in [-0.05, 0) is 57.1 Å². The smallest absolute Gasteiger partial charge is 0.318 e. The van der Waals surface area contributed by atoms with Gasteiger partial charge in [-0.2, -0.15) is 0 Å². The van der Waals surface area contributed by atoms with Gasteiger partial charge in [0.15, 0.2) is 0 Å². The monoisotopic (exact) mass is 375 g/mol. The minimum Gasteiger partial charge on any atom is -0.466 e. The summed E-state index contributed by atoms with van der Waals surface area (Å²) >= 11 is 0. The lowest BCUT2D eigenvalue weighted by Gasteiger charge is -2.37. The topological polar surface area (TPSA) is 63.6 Å². The van der Waals surface area contributed by atoms with Crippen molar-refractivity contribution in [1.82, 2.24) is 14.8 Å². The van der Waals surface area contributed by atoms with Crippen LogP contribution in [-0.2, 0) is 16.1 Å². The summed E-state index contributed by atoms with van der Waals surface area (Å²) in [6, 6.07) is 4.42. The average Bonchev–Trinajstić information content (AvgIpc) is 3.16.